The number of carboxylic acids is 1. The lowest BCUT2D eigenvalue weighted by atomic mass is 9.49. The Bertz CT molecular complexity index is 425. The zero-order valence-corrected chi connectivity index (χ0v) is 11.8. The largest absolute Gasteiger partial charge is 0.481 e. The second kappa shape index (κ2) is 4.92. The summed E-state index contributed by atoms with van der Waals surface area (Å²) in [5.74, 6) is -4.03. The zero-order chi connectivity index (χ0) is 15.3. The van der Waals surface area contributed by atoms with Gasteiger partial charge in [-0.25, -0.2) is 8.78 Å². The number of carboxylic acid groups (broad SMARTS) is 1. The fraction of sp³-hybridized carbons (Fsp3) is 0.867. The first-order valence-electron chi connectivity index (χ1n) is 7.55. The summed E-state index contributed by atoms with van der Waals surface area (Å²) >= 11 is 0. The lowest BCUT2D eigenvalue weighted by molar-refractivity contribution is -0.183. The van der Waals surface area contributed by atoms with Crippen LogP contribution < -0.4 is 0 Å². The maximum absolute atomic E-state index is 13.3. The Morgan fingerprint density at radius 2 is 1.57 bits per heavy atom. The third-order valence-corrected chi connectivity index (χ3v) is 5.30. The van der Waals surface area contributed by atoms with Crippen LogP contribution in [0.2, 0.25) is 0 Å². The molecule has 118 valence electrons. The highest BCUT2D eigenvalue weighted by Crippen LogP contribution is 2.60. The molecule has 0 atom stereocenters. The summed E-state index contributed by atoms with van der Waals surface area (Å²) in [5.41, 5.74) is -0.575. The summed E-state index contributed by atoms with van der Waals surface area (Å²) in [7, 11) is 0. The first kappa shape index (κ1) is 14.7. The van der Waals surface area contributed by atoms with Gasteiger partial charge in [0.1, 0.15) is 6.42 Å². The molecule has 21 heavy (non-hydrogen) atoms. The van der Waals surface area contributed by atoms with Crippen LogP contribution in [0.15, 0.2) is 0 Å². The normalized spacial score (nSPS) is 37.5. The number of esters is 1. The van der Waals surface area contributed by atoms with Crippen molar-refractivity contribution >= 4 is 11.9 Å². The number of alkyl halides is 2. The lowest BCUT2D eigenvalue weighted by Crippen LogP contribution is -2.51. The van der Waals surface area contributed by atoms with Crippen LogP contribution in [-0.2, 0) is 14.3 Å². The van der Waals surface area contributed by atoms with Crippen LogP contribution in [0.5, 0.6) is 0 Å². The van der Waals surface area contributed by atoms with E-state index < -0.39 is 36.3 Å². The summed E-state index contributed by atoms with van der Waals surface area (Å²) in [5, 5.41) is 8.42. The van der Waals surface area contributed by atoms with Crippen LogP contribution >= 0.6 is 0 Å². The summed E-state index contributed by atoms with van der Waals surface area (Å²) < 4.78 is 31.5. The van der Waals surface area contributed by atoms with Gasteiger partial charge in [-0.05, 0) is 56.3 Å². The van der Waals surface area contributed by atoms with Crippen LogP contribution in [0, 0.1) is 23.2 Å². The van der Waals surface area contributed by atoms with E-state index in [-0.39, 0.29) is 0 Å². The van der Waals surface area contributed by atoms with Crippen LogP contribution in [-0.4, -0.2) is 29.6 Å². The summed E-state index contributed by atoms with van der Waals surface area (Å²) in [6.45, 7) is -1.13. The summed E-state index contributed by atoms with van der Waals surface area (Å²) in [6.07, 6.45) is 4.42. The molecule has 0 aliphatic heterocycles. The molecule has 4 aliphatic carbocycles. The highest BCUT2D eigenvalue weighted by atomic mass is 19.3. The quantitative estimate of drug-likeness (QED) is 0.793. The summed E-state index contributed by atoms with van der Waals surface area (Å²) in [6, 6.07) is 0. The third kappa shape index (κ3) is 2.90. The molecule has 4 nitrogen and oxygen atoms in total. The maximum Gasteiger partial charge on any atom is 0.312 e. The molecule has 0 radical (unpaired) electrons. The molecule has 1 N–H and O–H groups in total. The van der Waals surface area contributed by atoms with Gasteiger partial charge in [-0.3, -0.25) is 9.59 Å². The Morgan fingerprint density at radius 3 is 2.00 bits per heavy atom. The highest BCUT2D eigenvalue weighted by molar-refractivity contribution is 5.77. The van der Waals surface area contributed by atoms with E-state index in [9.17, 15) is 18.4 Å². The number of hydrogen-bond donors (Lipinski definition) is 1. The molecule has 6 heteroatoms. The van der Waals surface area contributed by atoms with Gasteiger partial charge < -0.3 is 9.84 Å². The number of hydrogen-bond acceptors (Lipinski definition) is 3. The molecule has 0 heterocycles. The van der Waals surface area contributed by atoms with Crippen LogP contribution in [0.1, 0.15) is 44.9 Å². The molecule has 0 aromatic carbocycles. The molecule has 4 fully saturated rings. The lowest BCUT2D eigenvalue weighted by Gasteiger charge is -2.55. The van der Waals surface area contributed by atoms with Crippen molar-refractivity contribution in [3.63, 3.8) is 0 Å². The van der Waals surface area contributed by atoms with Crippen LogP contribution in [0.4, 0.5) is 8.78 Å². The monoisotopic (exact) mass is 302 g/mol. The Kier molecular flexibility index (Phi) is 3.45. The number of rotatable bonds is 5. The Morgan fingerprint density at radius 1 is 1.10 bits per heavy atom. The Labute approximate surface area is 121 Å². The van der Waals surface area contributed by atoms with Gasteiger partial charge in [-0.1, -0.05) is 0 Å². The second-order valence-corrected chi connectivity index (χ2v) is 7.20. The average Bonchev–Trinajstić information content (AvgIpc) is 2.32. The number of carbonyl (C=O) groups is 2. The average molecular weight is 302 g/mol. The van der Waals surface area contributed by atoms with Crippen LogP contribution in [0.25, 0.3) is 0 Å². The van der Waals surface area contributed by atoms with E-state index in [0.717, 1.165) is 38.5 Å². The van der Waals surface area contributed by atoms with Crippen molar-refractivity contribution in [2.45, 2.75) is 50.9 Å². The molecule has 0 spiro atoms. The fourth-order valence-corrected chi connectivity index (χ4v) is 4.96. The summed E-state index contributed by atoms with van der Waals surface area (Å²) in [4.78, 5) is 22.7. The minimum Gasteiger partial charge on any atom is -0.481 e. The maximum atomic E-state index is 13.3. The van der Waals surface area contributed by atoms with E-state index >= 15 is 0 Å². The van der Waals surface area contributed by atoms with Crippen molar-refractivity contribution in [1.82, 2.24) is 0 Å². The molecule has 0 aromatic heterocycles. The van der Waals surface area contributed by atoms with E-state index in [1.165, 1.54) is 0 Å². The predicted molar refractivity (Wildman–Crippen MR) is 68.8 cm³/mol. The third-order valence-electron chi connectivity index (χ3n) is 5.30. The van der Waals surface area contributed by atoms with E-state index in [0.29, 0.717) is 17.8 Å². The Hall–Kier alpha value is -1.20. The molecule has 0 amide bonds. The van der Waals surface area contributed by atoms with Gasteiger partial charge in [0, 0.05) is 0 Å². The topological polar surface area (TPSA) is 63.6 Å². The SMILES string of the molecule is O=C(O)CC(F)(F)COC(=O)C12CC3CC(CC(C3)C1)C2. The van der Waals surface area contributed by atoms with E-state index in [1.54, 1.807) is 0 Å². The van der Waals surface area contributed by atoms with Gasteiger partial charge in [0.15, 0.2) is 6.61 Å². The van der Waals surface area contributed by atoms with Gasteiger partial charge in [-0.15, -0.1) is 0 Å². The number of ether oxygens (including phenoxy) is 1. The molecule has 4 saturated carbocycles. The minimum absolute atomic E-state index is 0.531. The predicted octanol–water partition coefficient (Wildman–Crippen LogP) is 2.86. The molecule has 4 aliphatic rings. The first-order valence-corrected chi connectivity index (χ1v) is 7.55. The second-order valence-electron chi connectivity index (χ2n) is 7.20. The zero-order valence-electron chi connectivity index (χ0n) is 11.8. The van der Waals surface area contributed by atoms with Crippen molar-refractivity contribution in [3.8, 4) is 0 Å². The van der Waals surface area contributed by atoms with E-state index in [4.69, 9.17) is 9.84 Å². The Balaban J connectivity index is 1.62. The number of carbonyl (C=O) groups excluding carboxylic acids is 1. The molecule has 4 rings (SSSR count). The molecule has 0 aromatic rings. The molecular formula is C15H20F2O4. The minimum atomic E-state index is -3.50. The van der Waals surface area contributed by atoms with Gasteiger partial charge in [-0.2, -0.15) is 0 Å². The van der Waals surface area contributed by atoms with Gasteiger partial charge in [0.25, 0.3) is 5.92 Å². The molecular weight excluding hydrogens is 282 g/mol. The van der Waals surface area contributed by atoms with E-state index in [1.807, 2.05) is 0 Å². The van der Waals surface area contributed by atoms with Crippen molar-refractivity contribution < 1.29 is 28.2 Å². The van der Waals surface area contributed by atoms with E-state index in [2.05, 4.69) is 0 Å². The molecule has 4 bridgehead atoms. The van der Waals surface area contributed by atoms with Crippen molar-refractivity contribution in [3.05, 3.63) is 0 Å². The number of halogens is 2. The number of aliphatic carboxylic acids is 1. The van der Waals surface area contributed by atoms with Crippen molar-refractivity contribution in [1.29, 1.82) is 0 Å². The van der Waals surface area contributed by atoms with Gasteiger partial charge in [0.05, 0.1) is 5.41 Å². The van der Waals surface area contributed by atoms with Crippen molar-refractivity contribution in [2.75, 3.05) is 6.61 Å². The van der Waals surface area contributed by atoms with Crippen LogP contribution in [0.3, 0.4) is 0 Å². The molecule has 0 unspecified atom stereocenters. The molecule has 0 saturated heterocycles. The first-order chi connectivity index (χ1) is 9.78. The van der Waals surface area contributed by atoms with Gasteiger partial charge in [0.2, 0.25) is 0 Å². The standard InChI is InChI=1S/C15H20F2O4/c16-15(17,7-12(18)19)8-21-13(20)14-4-9-1-10(5-14)3-11(2-9)6-14/h9-11H,1-8H2,(H,18,19). The van der Waals surface area contributed by atoms with Gasteiger partial charge >= 0.3 is 11.9 Å². The van der Waals surface area contributed by atoms with Crippen molar-refractivity contribution in [2.24, 2.45) is 23.2 Å². The highest BCUT2D eigenvalue weighted by Gasteiger charge is 2.55. The smallest absolute Gasteiger partial charge is 0.312 e. The fourth-order valence-electron chi connectivity index (χ4n) is 4.96.